The summed E-state index contributed by atoms with van der Waals surface area (Å²) in [4.78, 5) is 38.4. The predicted molar refractivity (Wildman–Crippen MR) is 135 cm³/mol. The third-order valence-corrected chi connectivity index (χ3v) is 5.95. The molecule has 0 fully saturated rings. The molecule has 0 aliphatic carbocycles. The van der Waals surface area contributed by atoms with Crippen LogP contribution >= 0.6 is 11.6 Å². The SMILES string of the molecule is Cc1cccc(NC(=O)c2cc3cc(Cl)ccc3n2NC(=O)C(=O)Nc2cccc(C(F)(F)F)c2)c1C. The minimum atomic E-state index is -4.62. The normalized spacial score (nSPS) is 11.3. The van der Waals surface area contributed by atoms with Crippen LogP contribution in [0.15, 0.2) is 66.7 Å². The highest BCUT2D eigenvalue weighted by molar-refractivity contribution is 6.42. The van der Waals surface area contributed by atoms with E-state index in [2.05, 4.69) is 16.1 Å². The Morgan fingerprint density at radius 1 is 0.865 bits per heavy atom. The number of carbonyl (C=O) groups is 3. The van der Waals surface area contributed by atoms with Gasteiger partial charge in [0.05, 0.1) is 11.1 Å². The standard InChI is InChI=1S/C26H20ClF3N4O3/c1-14-5-3-8-20(15(14)2)32-23(35)22-12-16-11-18(27)9-10-21(16)34(22)33-25(37)24(36)31-19-7-4-6-17(13-19)26(28,29)30/h3-13H,1-2H3,(H,31,36)(H,32,35)(H,33,37). The summed E-state index contributed by atoms with van der Waals surface area (Å²) >= 11 is 6.08. The van der Waals surface area contributed by atoms with Crippen LogP contribution in [0.2, 0.25) is 5.02 Å². The summed E-state index contributed by atoms with van der Waals surface area (Å²) < 4.78 is 40.0. The van der Waals surface area contributed by atoms with Gasteiger partial charge in [-0.05, 0) is 73.5 Å². The lowest BCUT2D eigenvalue weighted by Gasteiger charge is -2.14. The first-order chi connectivity index (χ1) is 17.4. The monoisotopic (exact) mass is 528 g/mol. The number of benzene rings is 3. The van der Waals surface area contributed by atoms with E-state index in [4.69, 9.17) is 11.6 Å². The zero-order chi connectivity index (χ0) is 26.9. The van der Waals surface area contributed by atoms with E-state index in [-0.39, 0.29) is 11.4 Å². The van der Waals surface area contributed by atoms with Crippen LogP contribution in [0, 0.1) is 13.8 Å². The summed E-state index contributed by atoms with van der Waals surface area (Å²) in [5.41, 5.74) is 3.90. The number of hydrogen-bond donors (Lipinski definition) is 3. The molecule has 0 unspecified atom stereocenters. The van der Waals surface area contributed by atoms with Crippen LogP contribution in [0.5, 0.6) is 0 Å². The number of hydrogen-bond acceptors (Lipinski definition) is 3. The minimum Gasteiger partial charge on any atom is -0.320 e. The highest BCUT2D eigenvalue weighted by Crippen LogP contribution is 2.30. The van der Waals surface area contributed by atoms with E-state index in [0.29, 0.717) is 27.7 Å². The van der Waals surface area contributed by atoms with E-state index in [9.17, 15) is 27.6 Å². The van der Waals surface area contributed by atoms with Crippen molar-refractivity contribution in [2.24, 2.45) is 0 Å². The molecule has 0 aliphatic rings. The number of aryl methyl sites for hydroxylation is 1. The van der Waals surface area contributed by atoms with Crippen molar-refractivity contribution in [3.05, 3.63) is 94.1 Å². The third-order valence-electron chi connectivity index (χ3n) is 5.72. The minimum absolute atomic E-state index is 0.00149. The number of amides is 3. The molecule has 0 atom stereocenters. The first-order valence-corrected chi connectivity index (χ1v) is 11.3. The van der Waals surface area contributed by atoms with Crippen molar-refractivity contribution >= 4 is 51.6 Å². The molecule has 3 amide bonds. The van der Waals surface area contributed by atoms with Gasteiger partial charge in [-0.25, -0.2) is 4.68 Å². The smallest absolute Gasteiger partial charge is 0.320 e. The number of alkyl halides is 3. The van der Waals surface area contributed by atoms with Gasteiger partial charge in [0.25, 0.3) is 5.91 Å². The van der Waals surface area contributed by atoms with Crippen molar-refractivity contribution < 1.29 is 27.6 Å². The van der Waals surface area contributed by atoms with Gasteiger partial charge in [0.2, 0.25) is 0 Å². The second kappa shape index (κ2) is 9.98. The maximum absolute atomic E-state index is 13.2. The fourth-order valence-electron chi connectivity index (χ4n) is 3.66. The number of fused-ring (bicyclic) bond motifs is 1. The number of anilines is 2. The van der Waals surface area contributed by atoms with Gasteiger partial charge in [-0.2, -0.15) is 13.2 Å². The Morgan fingerprint density at radius 2 is 1.59 bits per heavy atom. The molecule has 4 aromatic rings. The summed E-state index contributed by atoms with van der Waals surface area (Å²) in [6.45, 7) is 3.74. The van der Waals surface area contributed by atoms with Gasteiger partial charge in [0.1, 0.15) is 5.69 Å². The molecule has 3 aromatic carbocycles. The zero-order valence-corrected chi connectivity index (χ0v) is 20.3. The van der Waals surface area contributed by atoms with E-state index in [1.54, 1.807) is 30.3 Å². The van der Waals surface area contributed by atoms with Crippen LogP contribution < -0.4 is 16.1 Å². The highest BCUT2D eigenvalue weighted by atomic mass is 35.5. The molecule has 1 aromatic heterocycles. The summed E-state index contributed by atoms with van der Waals surface area (Å²) in [5, 5.41) is 5.83. The number of nitrogens with zero attached hydrogens (tertiary/aromatic N) is 1. The van der Waals surface area contributed by atoms with Crippen molar-refractivity contribution in [2.45, 2.75) is 20.0 Å². The van der Waals surface area contributed by atoms with Gasteiger partial charge in [0, 0.05) is 21.8 Å². The van der Waals surface area contributed by atoms with Gasteiger partial charge in [-0.15, -0.1) is 0 Å². The molecule has 0 aliphatic heterocycles. The van der Waals surface area contributed by atoms with Crippen molar-refractivity contribution in [1.29, 1.82) is 0 Å². The first-order valence-electron chi connectivity index (χ1n) is 10.9. The third kappa shape index (κ3) is 5.59. The second-order valence-electron chi connectivity index (χ2n) is 8.24. The van der Waals surface area contributed by atoms with Crippen LogP contribution in [-0.4, -0.2) is 22.4 Å². The lowest BCUT2D eigenvalue weighted by Crippen LogP contribution is -2.36. The van der Waals surface area contributed by atoms with Crippen molar-refractivity contribution in [3.8, 4) is 0 Å². The fourth-order valence-corrected chi connectivity index (χ4v) is 3.84. The van der Waals surface area contributed by atoms with Gasteiger partial charge in [-0.3, -0.25) is 19.8 Å². The Labute approximate surface area is 214 Å². The van der Waals surface area contributed by atoms with Crippen LogP contribution in [0.3, 0.4) is 0 Å². The summed E-state index contributed by atoms with van der Waals surface area (Å²) in [7, 11) is 0. The molecule has 4 rings (SSSR count). The van der Waals surface area contributed by atoms with Gasteiger partial charge in [-0.1, -0.05) is 29.8 Å². The van der Waals surface area contributed by atoms with E-state index in [1.807, 2.05) is 19.9 Å². The Bertz CT molecular complexity index is 1550. The van der Waals surface area contributed by atoms with Crippen LogP contribution in [-0.2, 0) is 15.8 Å². The molecule has 190 valence electrons. The predicted octanol–water partition coefficient (Wildman–Crippen LogP) is 5.89. The maximum Gasteiger partial charge on any atom is 0.416 e. The Hall–Kier alpha value is -4.31. The van der Waals surface area contributed by atoms with E-state index in [1.165, 1.54) is 12.1 Å². The van der Waals surface area contributed by atoms with Crippen LogP contribution in [0.1, 0.15) is 27.2 Å². The highest BCUT2D eigenvalue weighted by Gasteiger charge is 2.30. The molecule has 11 heteroatoms. The summed E-state index contributed by atoms with van der Waals surface area (Å²) in [6.07, 6.45) is -4.62. The number of nitrogens with one attached hydrogen (secondary N) is 3. The average Bonchev–Trinajstić information content (AvgIpc) is 3.19. The Kier molecular flexibility index (Phi) is 6.95. The number of rotatable bonds is 4. The van der Waals surface area contributed by atoms with Crippen molar-refractivity contribution in [2.75, 3.05) is 16.1 Å². The lowest BCUT2D eigenvalue weighted by molar-refractivity contribution is -0.137. The van der Waals surface area contributed by atoms with E-state index in [0.717, 1.165) is 27.9 Å². The van der Waals surface area contributed by atoms with Crippen LogP contribution in [0.4, 0.5) is 24.5 Å². The molecule has 0 saturated heterocycles. The maximum atomic E-state index is 13.2. The van der Waals surface area contributed by atoms with Gasteiger partial charge < -0.3 is 10.6 Å². The quantitative estimate of drug-likeness (QED) is 0.288. The number of carbonyl (C=O) groups excluding carboxylic acids is 3. The Morgan fingerprint density at radius 3 is 2.32 bits per heavy atom. The summed E-state index contributed by atoms with van der Waals surface area (Å²) in [5.74, 6) is -3.00. The average molecular weight is 529 g/mol. The molecule has 0 bridgehead atoms. The van der Waals surface area contributed by atoms with Gasteiger partial charge in [0.15, 0.2) is 0 Å². The fraction of sp³-hybridized carbons (Fsp3) is 0.115. The molecular weight excluding hydrogens is 509 g/mol. The molecule has 3 N–H and O–H groups in total. The molecule has 0 radical (unpaired) electrons. The summed E-state index contributed by atoms with van der Waals surface area (Å²) in [6, 6.07) is 15.5. The van der Waals surface area contributed by atoms with Gasteiger partial charge >= 0.3 is 18.0 Å². The zero-order valence-electron chi connectivity index (χ0n) is 19.5. The molecule has 7 nitrogen and oxygen atoms in total. The number of aromatic nitrogens is 1. The topological polar surface area (TPSA) is 92.2 Å². The first kappa shape index (κ1) is 25.8. The molecule has 37 heavy (non-hydrogen) atoms. The second-order valence-corrected chi connectivity index (χ2v) is 8.68. The van der Waals surface area contributed by atoms with Crippen LogP contribution in [0.25, 0.3) is 10.9 Å². The van der Waals surface area contributed by atoms with Crippen molar-refractivity contribution in [3.63, 3.8) is 0 Å². The largest absolute Gasteiger partial charge is 0.416 e. The van der Waals surface area contributed by atoms with Crippen molar-refractivity contribution in [1.82, 2.24) is 4.68 Å². The Balaban J connectivity index is 1.62. The van der Waals surface area contributed by atoms with E-state index < -0.39 is 29.5 Å². The molecule has 0 saturated carbocycles. The van der Waals surface area contributed by atoms with E-state index >= 15 is 0 Å². The number of halogens is 4. The molecule has 1 heterocycles. The molecular formula is C26H20ClF3N4O3. The molecule has 0 spiro atoms. The lowest BCUT2D eigenvalue weighted by atomic mass is 10.1.